The van der Waals surface area contributed by atoms with Crippen LogP contribution in [-0.2, 0) is 9.53 Å². The second-order valence-corrected chi connectivity index (χ2v) is 4.77. The van der Waals surface area contributed by atoms with Gasteiger partial charge in [-0.25, -0.2) is 4.79 Å². The van der Waals surface area contributed by atoms with Crippen LogP contribution in [0.1, 0.15) is 17.0 Å². The molecule has 1 aromatic heterocycles. The van der Waals surface area contributed by atoms with Crippen molar-refractivity contribution in [1.82, 2.24) is 4.90 Å². The maximum atomic E-state index is 11.9. The van der Waals surface area contributed by atoms with Crippen LogP contribution in [0.3, 0.4) is 0 Å². The maximum absolute atomic E-state index is 11.9. The van der Waals surface area contributed by atoms with E-state index >= 15 is 0 Å². The zero-order chi connectivity index (χ0) is 16.8. The smallest absolute Gasteiger partial charge is 0.374 e. The molecule has 1 heterocycles. The molecule has 1 amide bonds. The van der Waals surface area contributed by atoms with Crippen LogP contribution in [0.2, 0.25) is 0 Å². The van der Waals surface area contributed by atoms with Crippen molar-refractivity contribution in [3.63, 3.8) is 0 Å². The first-order chi connectivity index (χ1) is 11.0. The van der Waals surface area contributed by atoms with E-state index in [0.29, 0.717) is 5.39 Å². The van der Waals surface area contributed by atoms with Crippen molar-refractivity contribution in [3.8, 4) is 6.07 Å². The van der Waals surface area contributed by atoms with Gasteiger partial charge < -0.3 is 14.1 Å². The summed E-state index contributed by atoms with van der Waals surface area (Å²) in [6, 6.07) is 9.47. The summed E-state index contributed by atoms with van der Waals surface area (Å²) < 4.78 is 10.2. The number of para-hydroxylation sites is 1. The monoisotopic (exact) mass is 314 g/mol. The zero-order valence-electron chi connectivity index (χ0n) is 12.4. The molecule has 23 heavy (non-hydrogen) atoms. The van der Waals surface area contributed by atoms with Gasteiger partial charge in [0.25, 0.3) is 5.91 Å². The van der Waals surface area contributed by atoms with E-state index in [1.54, 1.807) is 24.3 Å². The van der Waals surface area contributed by atoms with Crippen molar-refractivity contribution in [2.75, 3.05) is 20.2 Å². The summed E-state index contributed by atoms with van der Waals surface area (Å²) in [6.07, 6.45) is 0.190. The molecular formula is C16H14N2O5. The fourth-order valence-corrected chi connectivity index (χ4v) is 1.86. The molecule has 0 spiro atoms. The lowest BCUT2D eigenvalue weighted by Gasteiger charge is -2.14. The topological polar surface area (TPSA) is 101 Å². The molecule has 7 heteroatoms. The third-order valence-corrected chi connectivity index (χ3v) is 3.15. The zero-order valence-corrected chi connectivity index (χ0v) is 12.4. The van der Waals surface area contributed by atoms with E-state index in [9.17, 15) is 14.4 Å². The summed E-state index contributed by atoms with van der Waals surface area (Å²) in [4.78, 5) is 36.8. The van der Waals surface area contributed by atoms with Gasteiger partial charge in [-0.2, -0.15) is 5.26 Å². The second-order valence-electron chi connectivity index (χ2n) is 4.77. The molecule has 0 fully saturated rings. The highest BCUT2D eigenvalue weighted by atomic mass is 16.5. The Hall–Kier alpha value is -3.14. The van der Waals surface area contributed by atoms with Crippen LogP contribution in [0, 0.1) is 11.3 Å². The SMILES string of the molecule is CN(CCC#N)C(=O)COC(=O)c1cc(=O)c2ccccc2o1. The van der Waals surface area contributed by atoms with Gasteiger partial charge in [-0.3, -0.25) is 9.59 Å². The number of carbonyl (C=O) groups excluding carboxylic acids is 2. The molecule has 0 aliphatic carbocycles. The number of fused-ring (bicyclic) bond motifs is 1. The first kappa shape index (κ1) is 16.2. The Morgan fingerprint density at radius 2 is 2.09 bits per heavy atom. The fourth-order valence-electron chi connectivity index (χ4n) is 1.86. The Morgan fingerprint density at radius 1 is 1.35 bits per heavy atom. The number of benzene rings is 1. The van der Waals surface area contributed by atoms with Gasteiger partial charge in [0, 0.05) is 19.7 Å². The summed E-state index contributed by atoms with van der Waals surface area (Å²) in [5.74, 6) is -1.60. The van der Waals surface area contributed by atoms with Crippen molar-refractivity contribution < 1.29 is 18.7 Å². The first-order valence-corrected chi connectivity index (χ1v) is 6.84. The van der Waals surface area contributed by atoms with Gasteiger partial charge in [0.1, 0.15) is 5.58 Å². The van der Waals surface area contributed by atoms with E-state index in [1.807, 2.05) is 6.07 Å². The Balaban J connectivity index is 2.05. The number of nitriles is 1. The summed E-state index contributed by atoms with van der Waals surface area (Å²) in [6.45, 7) is -0.241. The number of carbonyl (C=O) groups is 2. The van der Waals surface area contributed by atoms with Gasteiger partial charge in [0.05, 0.1) is 17.9 Å². The minimum Gasteiger partial charge on any atom is -0.450 e. The van der Waals surface area contributed by atoms with Crippen molar-refractivity contribution in [1.29, 1.82) is 5.26 Å². The summed E-state index contributed by atoms with van der Waals surface area (Å²) in [7, 11) is 1.50. The third kappa shape index (κ3) is 3.95. The maximum Gasteiger partial charge on any atom is 0.374 e. The van der Waals surface area contributed by atoms with Gasteiger partial charge in [-0.1, -0.05) is 12.1 Å². The molecule has 0 bridgehead atoms. The number of hydrogen-bond acceptors (Lipinski definition) is 6. The number of amides is 1. The van der Waals surface area contributed by atoms with Crippen molar-refractivity contribution in [2.24, 2.45) is 0 Å². The van der Waals surface area contributed by atoms with Crippen LogP contribution in [0.15, 0.2) is 39.5 Å². The Bertz CT molecular complexity index is 834. The highest BCUT2D eigenvalue weighted by Crippen LogP contribution is 2.12. The van der Waals surface area contributed by atoms with Crippen LogP contribution < -0.4 is 5.43 Å². The van der Waals surface area contributed by atoms with Gasteiger partial charge in [-0.05, 0) is 12.1 Å². The van der Waals surface area contributed by atoms with E-state index in [0.717, 1.165) is 6.07 Å². The minimum absolute atomic E-state index is 0.190. The Kier molecular flexibility index (Phi) is 5.10. The number of esters is 1. The minimum atomic E-state index is -0.894. The van der Waals surface area contributed by atoms with E-state index < -0.39 is 18.5 Å². The Morgan fingerprint density at radius 3 is 2.83 bits per heavy atom. The number of nitrogens with zero attached hydrogens (tertiary/aromatic N) is 2. The molecule has 0 unspecified atom stereocenters. The van der Waals surface area contributed by atoms with Gasteiger partial charge in [0.2, 0.25) is 5.76 Å². The van der Waals surface area contributed by atoms with Crippen LogP contribution in [-0.4, -0.2) is 37.0 Å². The molecule has 0 aliphatic rings. The molecule has 0 saturated heterocycles. The molecule has 118 valence electrons. The molecule has 2 aromatic rings. The number of hydrogen-bond donors (Lipinski definition) is 0. The molecule has 1 aromatic carbocycles. The largest absolute Gasteiger partial charge is 0.450 e. The predicted molar refractivity (Wildman–Crippen MR) is 80.6 cm³/mol. The highest BCUT2D eigenvalue weighted by Gasteiger charge is 2.16. The molecule has 0 N–H and O–H groups in total. The number of ether oxygens (including phenoxy) is 1. The van der Waals surface area contributed by atoms with Crippen LogP contribution in [0.5, 0.6) is 0 Å². The standard InChI is InChI=1S/C16H14N2O5/c1-18(8-4-7-17)15(20)10-22-16(21)14-9-12(19)11-5-2-3-6-13(11)23-14/h2-3,5-6,9H,4,8,10H2,1H3. The quantitative estimate of drug-likeness (QED) is 0.772. The van der Waals surface area contributed by atoms with Crippen LogP contribution in [0.25, 0.3) is 11.0 Å². The van der Waals surface area contributed by atoms with E-state index in [-0.39, 0.29) is 29.7 Å². The average Bonchev–Trinajstić information content (AvgIpc) is 2.57. The molecule has 0 radical (unpaired) electrons. The second kappa shape index (κ2) is 7.22. The lowest BCUT2D eigenvalue weighted by atomic mass is 10.2. The molecule has 0 atom stereocenters. The first-order valence-electron chi connectivity index (χ1n) is 6.84. The fraction of sp³-hybridized carbons (Fsp3) is 0.250. The lowest BCUT2D eigenvalue weighted by Crippen LogP contribution is -2.32. The van der Waals surface area contributed by atoms with Gasteiger partial charge in [-0.15, -0.1) is 0 Å². The normalized spacial score (nSPS) is 10.1. The molecular weight excluding hydrogens is 300 g/mol. The number of likely N-dealkylation sites (N-methyl/N-ethyl adjacent to an activating group) is 1. The summed E-state index contributed by atoms with van der Waals surface area (Å²) in [5.41, 5.74) is -0.0966. The molecule has 2 rings (SSSR count). The van der Waals surface area contributed by atoms with Crippen molar-refractivity contribution in [3.05, 3.63) is 46.3 Å². The predicted octanol–water partition coefficient (Wildman–Crippen LogP) is 1.32. The van der Waals surface area contributed by atoms with Gasteiger partial charge in [0.15, 0.2) is 12.0 Å². The van der Waals surface area contributed by atoms with E-state index in [2.05, 4.69) is 0 Å². The highest BCUT2D eigenvalue weighted by molar-refractivity contribution is 5.90. The average molecular weight is 314 g/mol. The summed E-state index contributed by atoms with van der Waals surface area (Å²) in [5, 5.41) is 8.82. The van der Waals surface area contributed by atoms with Crippen LogP contribution >= 0.6 is 0 Å². The lowest BCUT2D eigenvalue weighted by molar-refractivity contribution is -0.133. The van der Waals surface area contributed by atoms with Crippen molar-refractivity contribution in [2.45, 2.75) is 6.42 Å². The summed E-state index contributed by atoms with van der Waals surface area (Å²) >= 11 is 0. The van der Waals surface area contributed by atoms with E-state index in [1.165, 1.54) is 11.9 Å². The molecule has 7 nitrogen and oxygen atoms in total. The molecule has 0 aliphatic heterocycles. The van der Waals surface area contributed by atoms with Crippen molar-refractivity contribution >= 4 is 22.8 Å². The van der Waals surface area contributed by atoms with Crippen LogP contribution in [0.4, 0.5) is 0 Å². The van der Waals surface area contributed by atoms with E-state index in [4.69, 9.17) is 14.4 Å². The third-order valence-electron chi connectivity index (χ3n) is 3.15. The van der Waals surface area contributed by atoms with Gasteiger partial charge >= 0.3 is 5.97 Å². The Labute approximate surface area is 131 Å². The number of rotatable bonds is 5. The molecule has 0 saturated carbocycles.